The molecular formula is C21H26BrN3O3S. The number of hydrogen-bond acceptors (Lipinski definition) is 4. The van der Waals surface area contributed by atoms with Gasteiger partial charge in [-0.25, -0.2) is 12.7 Å². The normalized spacial score (nSPS) is 14.9. The van der Waals surface area contributed by atoms with Gasteiger partial charge in [0.15, 0.2) is 0 Å². The van der Waals surface area contributed by atoms with Crippen LogP contribution in [-0.4, -0.2) is 45.8 Å². The molecule has 1 saturated heterocycles. The highest BCUT2D eigenvalue weighted by Gasteiger charge is 2.24. The number of benzene rings is 2. The van der Waals surface area contributed by atoms with Crippen molar-refractivity contribution in [2.45, 2.75) is 31.1 Å². The number of amides is 1. The summed E-state index contributed by atoms with van der Waals surface area (Å²) in [6, 6.07) is 10.4. The maximum atomic E-state index is 13.2. The SMILES string of the molecule is Cc1cc(Br)ccc1NC(=O)c1cc(S(=O)(=O)N(C)C)ccc1N1CCCCC1. The van der Waals surface area contributed by atoms with Gasteiger partial charge in [0, 0.05) is 43.0 Å². The molecule has 0 aliphatic carbocycles. The van der Waals surface area contributed by atoms with Gasteiger partial charge in [0.2, 0.25) is 10.0 Å². The van der Waals surface area contributed by atoms with E-state index in [-0.39, 0.29) is 10.8 Å². The maximum absolute atomic E-state index is 13.2. The molecule has 6 nitrogen and oxygen atoms in total. The number of aryl methyl sites for hydroxylation is 1. The van der Waals surface area contributed by atoms with E-state index in [1.165, 1.54) is 26.6 Å². The number of nitrogens with one attached hydrogen (secondary N) is 1. The fourth-order valence-electron chi connectivity index (χ4n) is 3.44. The summed E-state index contributed by atoms with van der Waals surface area (Å²) in [5.41, 5.74) is 2.76. The van der Waals surface area contributed by atoms with Gasteiger partial charge in [-0.2, -0.15) is 0 Å². The van der Waals surface area contributed by atoms with Crippen LogP contribution in [0.4, 0.5) is 11.4 Å². The third-order valence-corrected chi connectivity index (χ3v) is 7.43. The molecule has 8 heteroatoms. The summed E-state index contributed by atoms with van der Waals surface area (Å²) >= 11 is 3.43. The Hall–Kier alpha value is -1.90. The number of carbonyl (C=O) groups is 1. The van der Waals surface area contributed by atoms with Crippen molar-refractivity contribution in [2.24, 2.45) is 0 Å². The summed E-state index contributed by atoms with van der Waals surface area (Å²) < 4.78 is 27.3. The van der Waals surface area contributed by atoms with E-state index in [9.17, 15) is 13.2 Å². The predicted octanol–water partition coefficient (Wildman–Crippen LogP) is 4.25. The average Bonchev–Trinajstić information content (AvgIpc) is 2.70. The number of piperidine rings is 1. The summed E-state index contributed by atoms with van der Waals surface area (Å²) in [5.74, 6) is -0.313. The molecule has 0 unspecified atom stereocenters. The van der Waals surface area contributed by atoms with Gasteiger partial charge in [-0.15, -0.1) is 0 Å². The van der Waals surface area contributed by atoms with Crippen molar-refractivity contribution in [3.05, 3.63) is 52.0 Å². The first-order valence-corrected chi connectivity index (χ1v) is 11.8. The molecule has 0 bridgehead atoms. The first kappa shape index (κ1) is 21.8. The highest BCUT2D eigenvalue weighted by atomic mass is 79.9. The fourth-order valence-corrected chi connectivity index (χ4v) is 4.84. The van der Waals surface area contributed by atoms with Crippen LogP contribution in [0.15, 0.2) is 45.8 Å². The number of nitrogens with zero attached hydrogens (tertiary/aromatic N) is 2. The Morgan fingerprint density at radius 1 is 1.07 bits per heavy atom. The van der Waals surface area contributed by atoms with Crippen molar-refractivity contribution in [3.8, 4) is 0 Å². The quantitative estimate of drug-likeness (QED) is 0.695. The Kier molecular flexibility index (Phi) is 6.65. The summed E-state index contributed by atoms with van der Waals surface area (Å²) in [4.78, 5) is 15.5. The van der Waals surface area contributed by atoms with Gasteiger partial charge < -0.3 is 10.2 Å². The van der Waals surface area contributed by atoms with Gasteiger partial charge in [0.25, 0.3) is 5.91 Å². The van der Waals surface area contributed by atoms with Crippen molar-refractivity contribution in [1.29, 1.82) is 0 Å². The smallest absolute Gasteiger partial charge is 0.257 e. The molecule has 3 rings (SSSR count). The minimum atomic E-state index is -3.64. The summed E-state index contributed by atoms with van der Waals surface area (Å²) in [5, 5.41) is 2.95. The second-order valence-electron chi connectivity index (χ2n) is 7.43. The van der Waals surface area contributed by atoms with Crippen LogP contribution in [0, 0.1) is 6.92 Å². The third-order valence-electron chi connectivity index (χ3n) is 5.12. The summed E-state index contributed by atoms with van der Waals surface area (Å²) in [7, 11) is -0.669. The van der Waals surface area contributed by atoms with Gasteiger partial charge in [0.05, 0.1) is 10.5 Å². The Morgan fingerprint density at radius 2 is 1.76 bits per heavy atom. The van der Waals surface area contributed by atoms with E-state index in [2.05, 4.69) is 26.1 Å². The minimum Gasteiger partial charge on any atom is -0.371 e. The molecule has 2 aromatic carbocycles. The van der Waals surface area contributed by atoms with Gasteiger partial charge >= 0.3 is 0 Å². The van der Waals surface area contributed by atoms with E-state index in [1.54, 1.807) is 12.1 Å². The van der Waals surface area contributed by atoms with E-state index in [1.807, 2.05) is 25.1 Å². The zero-order valence-electron chi connectivity index (χ0n) is 16.9. The Morgan fingerprint density at radius 3 is 2.38 bits per heavy atom. The molecule has 1 heterocycles. The van der Waals surface area contributed by atoms with Crippen LogP contribution in [-0.2, 0) is 10.0 Å². The molecule has 1 aliphatic heterocycles. The van der Waals surface area contributed by atoms with E-state index in [0.717, 1.165) is 46.0 Å². The third kappa shape index (κ3) is 4.82. The van der Waals surface area contributed by atoms with Gasteiger partial charge in [-0.3, -0.25) is 4.79 Å². The second-order valence-corrected chi connectivity index (χ2v) is 10.5. The lowest BCUT2D eigenvalue weighted by atomic mass is 10.1. The topological polar surface area (TPSA) is 69.7 Å². The molecule has 1 N–H and O–H groups in total. The molecular weight excluding hydrogens is 454 g/mol. The Bertz CT molecular complexity index is 1020. The van der Waals surface area contributed by atoms with Crippen LogP contribution >= 0.6 is 15.9 Å². The van der Waals surface area contributed by atoms with Crippen LogP contribution in [0.25, 0.3) is 0 Å². The van der Waals surface area contributed by atoms with E-state index in [0.29, 0.717) is 11.3 Å². The molecule has 0 atom stereocenters. The largest absolute Gasteiger partial charge is 0.371 e. The Balaban J connectivity index is 2.03. The first-order valence-electron chi connectivity index (χ1n) is 9.59. The number of carbonyl (C=O) groups excluding carboxylic acids is 1. The molecule has 0 saturated carbocycles. The van der Waals surface area contributed by atoms with Crippen LogP contribution in [0.5, 0.6) is 0 Å². The highest BCUT2D eigenvalue weighted by Crippen LogP contribution is 2.29. The van der Waals surface area contributed by atoms with Crippen LogP contribution in [0.2, 0.25) is 0 Å². The predicted molar refractivity (Wildman–Crippen MR) is 120 cm³/mol. The van der Waals surface area contributed by atoms with Crippen LogP contribution in [0.3, 0.4) is 0 Å². The molecule has 1 amide bonds. The van der Waals surface area contributed by atoms with Crippen molar-refractivity contribution in [3.63, 3.8) is 0 Å². The van der Waals surface area contributed by atoms with Gasteiger partial charge in [-0.05, 0) is 68.1 Å². The van der Waals surface area contributed by atoms with Crippen molar-refractivity contribution >= 4 is 43.2 Å². The van der Waals surface area contributed by atoms with E-state index >= 15 is 0 Å². The monoisotopic (exact) mass is 479 g/mol. The first-order chi connectivity index (χ1) is 13.7. The molecule has 0 spiro atoms. The molecule has 0 radical (unpaired) electrons. The van der Waals surface area contributed by atoms with Gasteiger partial charge in [-0.1, -0.05) is 15.9 Å². The number of hydrogen-bond donors (Lipinski definition) is 1. The molecule has 156 valence electrons. The summed E-state index contributed by atoms with van der Waals surface area (Å²) in [6.07, 6.45) is 3.29. The maximum Gasteiger partial charge on any atom is 0.257 e. The van der Waals surface area contributed by atoms with Crippen LogP contribution in [0.1, 0.15) is 35.2 Å². The Labute approximate surface area is 181 Å². The molecule has 1 fully saturated rings. The standard InChI is InChI=1S/C21H26BrN3O3S/c1-15-13-16(22)7-9-19(15)23-21(26)18-14-17(29(27,28)24(2)3)8-10-20(18)25-11-5-4-6-12-25/h7-10,13-14H,4-6,11-12H2,1-3H3,(H,23,26). The molecule has 0 aromatic heterocycles. The van der Waals surface area contributed by atoms with Crippen molar-refractivity contribution < 1.29 is 13.2 Å². The second kappa shape index (κ2) is 8.85. The number of anilines is 2. The highest BCUT2D eigenvalue weighted by molar-refractivity contribution is 9.10. The number of halogens is 1. The van der Waals surface area contributed by atoms with Crippen molar-refractivity contribution in [1.82, 2.24) is 4.31 Å². The fraction of sp³-hybridized carbons (Fsp3) is 0.381. The lowest BCUT2D eigenvalue weighted by Gasteiger charge is -2.30. The molecule has 2 aromatic rings. The molecule has 1 aliphatic rings. The van der Waals surface area contributed by atoms with Crippen molar-refractivity contribution in [2.75, 3.05) is 37.4 Å². The molecule has 29 heavy (non-hydrogen) atoms. The van der Waals surface area contributed by atoms with E-state index in [4.69, 9.17) is 0 Å². The zero-order valence-corrected chi connectivity index (χ0v) is 19.3. The van der Waals surface area contributed by atoms with E-state index < -0.39 is 10.0 Å². The average molecular weight is 480 g/mol. The zero-order chi connectivity index (χ0) is 21.2. The lowest BCUT2D eigenvalue weighted by Crippen LogP contribution is -2.32. The number of sulfonamides is 1. The number of rotatable bonds is 5. The lowest BCUT2D eigenvalue weighted by molar-refractivity contribution is 0.102. The van der Waals surface area contributed by atoms with Gasteiger partial charge in [0.1, 0.15) is 0 Å². The van der Waals surface area contributed by atoms with Crippen LogP contribution < -0.4 is 10.2 Å². The minimum absolute atomic E-state index is 0.112. The summed E-state index contributed by atoms with van der Waals surface area (Å²) in [6.45, 7) is 3.63.